The van der Waals surface area contributed by atoms with E-state index in [1.807, 2.05) is 4.90 Å². The molecule has 0 saturated carbocycles. The van der Waals surface area contributed by atoms with Gasteiger partial charge in [-0.25, -0.2) is 0 Å². The first-order chi connectivity index (χ1) is 17.2. The van der Waals surface area contributed by atoms with Crippen molar-refractivity contribution in [2.24, 2.45) is 0 Å². The van der Waals surface area contributed by atoms with Crippen LogP contribution in [0.4, 0.5) is 0 Å². The van der Waals surface area contributed by atoms with E-state index in [4.69, 9.17) is 4.74 Å². The smallest absolute Gasteiger partial charge is 0.306 e. The van der Waals surface area contributed by atoms with Crippen LogP contribution in [0.15, 0.2) is 0 Å². The normalized spacial score (nSPS) is 11.1. The Morgan fingerprint density at radius 2 is 0.857 bits per heavy atom. The van der Waals surface area contributed by atoms with Crippen LogP contribution in [0, 0.1) is 0 Å². The molecule has 0 N–H and O–H groups in total. The summed E-state index contributed by atoms with van der Waals surface area (Å²) in [7, 11) is 0. The highest BCUT2D eigenvalue weighted by atomic mass is 16.5. The van der Waals surface area contributed by atoms with Crippen LogP contribution in [0.3, 0.4) is 0 Å². The third kappa shape index (κ3) is 24.4. The van der Waals surface area contributed by atoms with Gasteiger partial charge in [-0.2, -0.15) is 0 Å². The van der Waals surface area contributed by atoms with Crippen molar-refractivity contribution in [3.63, 3.8) is 0 Å². The summed E-state index contributed by atoms with van der Waals surface area (Å²) in [6, 6.07) is 0. The molecule has 208 valence electrons. The summed E-state index contributed by atoms with van der Waals surface area (Å²) in [6.45, 7) is 8.91. The number of hydrogen-bond acceptors (Lipinski definition) is 3. The van der Waals surface area contributed by atoms with Crippen molar-refractivity contribution >= 4 is 11.9 Å². The average molecular weight is 496 g/mol. The zero-order valence-corrected chi connectivity index (χ0v) is 24.1. The fraction of sp³-hybridized carbons (Fsp3) is 0.935. The molecule has 0 aliphatic rings. The van der Waals surface area contributed by atoms with Gasteiger partial charge in [-0.15, -0.1) is 0 Å². The van der Waals surface area contributed by atoms with Crippen LogP contribution in [0.1, 0.15) is 168 Å². The summed E-state index contributed by atoms with van der Waals surface area (Å²) in [6.07, 6.45) is 26.6. The van der Waals surface area contributed by atoms with E-state index in [0.29, 0.717) is 13.0 Å². The summed E-state index contributed by atoms with van der Waals surface area (Å²) in [5.41, 5.74) is 0. The minimum absolute atomic E-state index is 0.132. The Morgan fingerprint density at radius 1 is 0.486 bits per heavy atom. The highest BCUT2D eigenvalue weighted by Crippen LogP contribution is 2.12. The molecule has 4 nitrogen and oxygen atoms in total. The number of amides is 1. The fourth-order valence-corrected chi connectivity index (χ4v) is 4.57. The Hall–Kier alpha value is -1.06. The number of esters is 1. The Balaban J connectivity index is 4.04. The largest absolute Gasteiger partial charge is 0.466 e. The number of carbonyl (C=O) groups is 2. The molecule has 4 heteroatoms. The predicted molar refractivity (Wildman–Crippen MR) is 151 cm³/mol. The van der Waals surface area contributed by atoms with Crippen LogP contribution in [0.5, 0.6) is 0 Å². The van der Waals surface area contributed by atoms with Crippen molar-refractivity contribution in [1.82, 2.24) is 4.90 Å². The van der Waals surface area contributed by atoms with Gasteiger partial charge in [0.2, 0.25) is 5.91 Å². The third-order valence-corrected chi connectivity index (χ3v) is 6.97. The Bertz CT molecular complexity index is 450. The zero-order valence-electron chi connectivity index (χ0n) is 24.1. The minimum Gasteiger partial charge on any atom is -0.466 e. The van der Waals surface area contributed by atoms with E-state index >= 15 is 0 Å². The Morgan fingerprint density at radius 3 is 1.29 bits per heavy atom. The molecule has 0 aromatic carbocycles. The second kappa shape index (κ2) is 27.5. The molecule has 0 spiro atoms. The lowest BCUT2D eigenvalue weighted by atomic mass is 10.1. The average Bonchev–Trinajstić information content (AvgIpc) is 2.86. The molecule has 0 atom stereocenters. The van der Waals surface area contributed by atoms with Crippen molar-refractivity contribution in [1.29, 1.82) is 0 Å². The van der Waals surface area contributed by atoms with E-state index in [9.17, 15) is 9.59 Å². The highest BCUT2D eigenvalue weighted by molar-refractivity contribution is 5.81. The van der Waals surface area contributed by atoms with Gasteiger partial charge in [0, 0.05) is 19.5 Å². The van der Waals surface area contributed by atoms with Crippen LogP contribution >= 0.6 is 0 Å². The molecule has 0 rings (SSSR count). The van der Waals surface area contributed by atoms with Crippen LogP contribution in [-0.4, -0.2) is 36.5 Å². The topological polar surface area (TPSA) is 46.6 Å². The van der Waals surface area contributed by atoms with Gasteiger partial charge < -0.3 is 9.64 Å². The molecule has 0 unspecified atom stereocenters. The maximum Gasteiger partial charge on any atom is 0.306 e. The summed E-state index contributed by atoms with van der Waals surface area (Å²) in [5, 5.41) is 0. The zero-order chi connectivity index (χ0) is 25.8. The van der Waals surface area contributed by atoms with Crippen molar-refractivity contribution in [3.8, 4) is 0 Å². The maximum atomic E-state index is 12.8. The van der Waals surface area contributed by atoms with Crippen LogP contribution in [0.2, 0.25) is 0 Å². The van der Waals surface area contributed by atoms with E-state index in [-0.39, 0.29) is 18.3 Å². The molecule has 0 aromatic heterocycles. The molecule has 0 bridgehead atoms. The number of hydrogen-bond donors (Lipinski definition) is 0. The lowest BCUT2D eigenvalue weighted by Crippen LogP contribution is -2.33. The van der Waals surface area contributed by atoms with Crippen LogP contribution in [-0.2, 0) is 14.3 Å². The Kier molecular flexibility index (Phi) is 26.7. The van der Waals surface area contributed by atoms with Gasteiger partial charge in [0.05, 0.1) is 13.0 Å². The van der Waals surface area contributed by atoms with Crippen molar-refractivity contribution in [2.75, 3.05) is 19.7 Å². The summed E-state index contributed by atoms with van der Waals surface area (Å²) >= 11 is 0. The highest BCUT2D eigenvalue weighted by Gasteiger charge is 2.15. The van der Waals surface area contributed by atoms with Gasteiger partial charge in [0.25, 0.3) is 0 Å². The Labute approximate surface area is 219 Å². The predicted octanol–water partition coefficient (Wildman–Crippen LogP) is 9.39. The van der Waals surface area contributed by atoms with Gasteiger partial charge >= 0.3 is 5.97 Å². The van der Waals surface area contributed by atoms with Crippen molar-refractivity contribution in [3.05, 3.63) is 0 Å². The maximum absolute atomic E-state index is 12.8. The van der Waals surface area contributed by atoms with Gasteiger partial charge in [-0.1, -0.05) is 136 Å². The van der Waals surface area contributed by atoms with Gasteiger partial charge in [-0.05, 0) is 19.3 Å². The number of ether oxygens (including phenoxy) is 1. The quantitative estimate of drug-likeness (QED) is 0.0842. The monoisotopic (exact) mass is 495 g/mol. The van der Waals surface area contributed by atoms with E-state index in [0.717, 1.165) is 38.8 Å². The molecule has 0 aliphatic carbocycles. The first-order valence-electron chi connectivity index (χ1n) is 15.6. The number of nitrogens with zero attached hydrogens (tertiary/aromatic N) is 1. The second-order valence-corrected chi connectivity index (χ2v) is 10.5. The van der Waals surface area contributed by atoms with E-state index in [1.165, 1.54) is 109 Å². The van der Waals surface area contributed by atoms with E-state index in [2.05, 4.69) is 20.8 Å². The minimum atomic E-state index is -0.211. The number of unbranched alkanes of at least 4 members (excludes halogenated alkanes) is 18. The van der Waals surface area contributed by atoms with Gasteiger partial charge in [0.1, 0.15) is 0 Å². The molecule has 35 heavy (non-hydrogen) atoms. The molecular formula is C31H61NO3. The molecule has 0 aromatic rings. The number of rotatable bonds is 27. The molecule has 0 aliphatic heterocycles. The van der Waals surface area contributed by atoms with Gasteiger partial charge in [0.15, 0.2) is 0 Å². The molecule has 0 heterocycles. The molecule has 0 fully saturated rings. The van der Waals surface area contributed by atoms with E-state index in [1.54, 1.807) is 0 Å². The lowest BCUT2D eigenvalue weighted by Gasteiger charge is -2.23. The molecule has 0 radical (unpaired) electrons. The molecular weight excluding hydrogens is 434 g/mol. The summed E-state index contributed by atoms with van der Waals surface area (Å²) in [4.78, 5) is 27.0. The van der Waals surface area contributed by atoms with Crippen molar-refractivity contribution in [2.45, 2.75) is 168 Å². The SMILES string of the molecule is CCCCCCCCCCCOC(=O)CCC(=O)N(CCCCCCCC)CCCCCCCC. The molecule has 0 saturated heterocycles. The van der Waals surface area contributed by atoms with Gasteiger partial charge in [-0.3, -0.25) is 9.59 Å². The standard InChI is InChI=1S/C31H61NO3/c1-4-7-10-13-16-17-18-21-24-29-35-31(34)26-25-30(33)32(27-22-19-14-11-8-5-2)28-23-20-15-12-9-6-3/h4-29H2,1-3H3. The number of carbonyl (C=O) groups excluding carboxylic acids is 2. The second-order valence-electron chi connectivity index (χ2n) is 10.5. The summed E-state index contributed by atoms with van der Waals surface area (Å²) < 4.78 is 5.39. The lowest BCUT2D eigenvalue weighted by molar-refractivity contribution is -0.146. The van der Waals surface area contributed by atoms with E-state index < -0.39 is 0 Å². The summed E-state index contributed by atoms with van der Waals surface area (Å²) in [5.74, 6) is -0.0795. The molecule has 1 amide bonds. The fourth-order valence-electron chi connectivity index (χ4n) is 4.57. The van der Waals surface area contributed by atoms with Crippen molar-refractivity contribution < 1.29 is 14.3 Å². The van der Waals surface area contributed by atoms with Crippen LogP contribution < -0.4 is 0 Å². The third-order valence-electron chi connectivity index (χ3n) is 6.97. The first-order valence-corrected chi connectivity index (χ1v) is 15.6. The first kappa shape index (κ1) is 33.9. The van der Waals surface area contributed by atoms with Crippen LogP contribution in [0.25, 0.3) is 0 Å².